The van der Waals surface area contributed by atoms with E-state index in [9.17, 15) is 27.2 Å². The van der Waals surface area contributed by atoms with Crippen LogP contribution >= 0.6 is 0 Å². The lowest BCUT2D eigenvalue weighted by Crippen LogP contribution is -2.52. The Kier molecular flexibility index (Phi) is 8.49. The summed E-state index contributed by atoms with van der Waals surface area (Å²) < 4.78 is 40.5. The summed E-state index contributed by atoms with van der Waals surface area (Å²) in [5.41, 5.74) is 1.54. The van der Waals surface area contributed by atoms with Gasteiger partial charge in [-0.2, -0.15) is 0 Å². The number of amides is 3. The maximum atomic E-state index is 13.9. The molecule has 3 amide bonds. The van der Waals surface area contributed by atoms with Gasteiger partial charge in [-0.15, -0.1) is 0 Å². The highest BCUT2D eigenvalue weighted by molar-refractivity contribution is 7.90. The number of halogens is 1. The van der Waals surface area contributed by atoms with Crippen molar-refractivity contribution in [2.45, 2.75) is 62.0 Å². The van der Waals surface area contributed by atoms with E-state index in [1.165, 1.54) is 29.2 Å². The highest BCUT2D eigenvalue weighted by atomic mass is 32.2. The Morgan fingerprint density at radius 2 is 1.59 bits per heavy atom. The molecule has 0 saturated heterocycles. The first-order valence-electron chi connectivity index (χ1n) is 13.8. The maximum Gasteiger partial charge on any atom is 0.269 e. The van der Waals surface area contributed by atoms with Crippen molar-refractivity contribution < 1.29 is 27.2 Å². The fourth-order valence-corrected chi connectivity index (χ4v) is 7.07. The van der Waals surface area contributed by atoms with Crippen LogP contribution < -0.4 is 5.32 Å². The number of carbonyl (C=O) groups excluding carboxylic acids is 3. The van der Waals surface area contributed by atoms with Gasteiger partial charge >= 0.3 is 0 Å². The Bertz CT molecular complexity index is 1520. The van der Waals surface area contributed by atoms with Crippen LogP contribution in [0.4, 0.5) is 4.39 Å². The lowest BCUT2D eigenvalue weighted by atomic mass is 10.0. The van der Waals surface area contributed by atoms with Crippen molar-refractivity contribution in [3.63, 3.8) is 0 Å². The SMILES string of the molecule is O=C(NC1CCCC1)[C@H](Cc1ccccc1)N(Cc1ccc(F)cc1)C(=O)CCN1C(=O)c2ccccc2S1(=O)=O. The number of rotatable bonds is 10. The zero-order chi connectivity index (χ0) is 29.0. The van der Waals surface area contributed by atoms with Crippen molar-refractivity contribution in [2.24, 2.45) is 0 Å². The largest absolute Gasteiger partial charge is 0.352 e. The molecule has 0 spiro atoms. The van der Waals surface area contributed by atoms with E-state index >= 15 is 0 Å². The predicted octanol–water partition coefficient (Wildman–Crippen LogP) is 4.06. The van der Waals surface area contributed by atoms with Gasteiger partial charge < -0.3 is 10.2 Å². The molecule has 1 aliphatic heterocycles. The van der Waals surface area contributed by atoms with E-state index in [1.807, 2.05) is 30.3 Å². The maximum absolute atomic E-state index is 13.9. The molecular formula is C31H32FN3O5S. The van der Waals surface area contributed by atoms with Gasteiger partial charge in [-0.1, -0.05) is 67.4 Å². The third-order valence-electron chi connectivity index (χ3n) is 7.68. The van der Waals surface area contributed by atoms with Crippen molar-refractivity contribution in [1.29, 1.82) is 0 Å². The minimum Gasteiger partial charge on any atom is -0.352 e. The Morgan fingerprint density at radius 3 is 2.27 bits per heavy atom. The van der Waals surface area contributed by atoms with Gasteiger partial charge in [0.1, 0.15) is 16.8 Å². The van der Waals surface area contributed by atoms with Crippen molar-refractivity contribution in [1.82, 2.24) is 14.5 Å². The van der Waals surface area contributed by atoms with Crippen molar-refractivity contribution >= 4 is 27.7 Å². The summed E-state index contributed by atoms with van der Waals surface area (Å²) >= 11 is 0. The summed E-state index contributed by atoms with van der Waals surface area (Å²) in [5.74, 6) is -1.90. The summed E-state index contributed by atoms with van der Waals surface area (Å²) in [6.07, 6.45) is 3.69. The molecule has 0 bridgehead atoms. The molecule has 214 valence electrons. The number of nitrogens with one attached hydrogen (secondary N) is 1. The molecule has 1 atom stereocenters. The fraction of sp³-hybridized carbons (Fsp3) is 0.323. The molecule has 0 unspecified atom stereocenters. The molecule has 2 aliphatic rings. The number of sulfonamides is 1. The van der Waals surface area contributed by atoms with Crippen LogP contribution in [-0.4, -0.2) is 54.0 Å². The number of benzene rings is 3. The van der Waals surface area contributed by atoms with Crippen LogP contribution in [0.2, 0.25) is 0 Å². The van der Waals surface area contributed by atoms with E-state index < -0.39 is 33.7 Å². The highest BCUT2D eigenvalue weighted by Gasteiger charge is 2.41. The molecule has 0 radical (unpaired) electrons. The van der Waals surface area contributed by atoms with Crippen molar-refractivity contribution in [2.75, 3.05) is 6.54 Å². The summed E-state index contributed by atoms with van der Waals surface area (Å²) in [7, 11) is -4.09. The second-order valence-electron chi connectivity index (χ2n) is 10.5. The van der Waals surface area contributed by atoms with Gasteiger partial charge in [-0.25, -0.2) is 17.1 Å². The highest BCUT2D eigenvalue weighted by Crippen LogP contribution is 2.30. The van der Waals surface area contributed by atoms with E-state index in [-0.39, 0.29) is 48.3 Å². The second kappa shape index (κ2) is 12.2. The van der Waals surface area contributed by atoms with Gasteiger partial charge in [0.25, 0.3) is 15.9 Å². The third-order valence-corrected chi connectivity index (χ3v) is 9.52. The molecule has 3 aromatic carbocycles. The minimum absolute atomic E-state index is 0.00955. The Hall–Kier alpha value is -4.05. The van der Waals surface area contributed by atoms with Crippen LogP contribution in [0.25, 0.3) is 0 Å². The van der Waals surface area contributed by atoms with Crippen LogP contribution in [0.1, 0.15) is 53.6 Å². The summed E-state index contributed by atoms with van der Waals surface area (Å²) in [5, 5.41) is 3.11. The molecule has 0 aromatic heterocycles. The van der Waals surface area contributed by atoms with Crippen LogP contribution in [0, 0.1) is 5.82 Å². The first-order chi connectivity index (χ1) is 19.7. The number of hydrogen-bond acceptors (Lipinski definition) is 5. The van der Waals surface area contributed by atoms with Gasteiger partial charge in [0.05, 0.1) is 5.56 Å². The molecule has 1 heterocycles. The molecule has 3 aromatic rings. The summed E-state index contributed by atoms with van der Waals surface area (Å²) in [4.78, 5) is 41.9. The van der Waals surface area contributed by atoms with Gasteiger partial charge in [-0.3, -0.25) is 14.4 Å². The van der Waals surface area contributed by atoms with Crippen LogP contribution in [0.15, 0.2) is 83.8 Å². The Balaban J connectivity index is 1.42. The zero-order valence-corrected chi connectivity index (χ0v) is 23.4. The molecule has 41 heavy (non-hydrogen) atoms. The average molecular weight is 578 g/mol. The third kappa shape index (κ3) is 6.32. The molecule has 1 N–H and O–H groups in total. The van der Waals surface area contributed by atoms with E-state index in [4.69, 9.17) is 0 Å². The number of fused-ring (bicyclic) bond motifs is 1. The first-order valence-corrected chi connectivity index (χ1v) is 15.2. The zero-order valence-electron chi connectivity index (χ0n) is 22.5. The molecule has 5 rings (SSSR count). The standard InChI is InChI=1S/C31H32FN3O5S/c32-24-16-14-23(15-17-24)21-34(27(20-22-8-2-1-3-9-22)30(37)33-25-10-4-5-11-25)29(36)18-19-35-31(38)26-12-6-7-13-28(26)41(35,39)40/h1-3,6-9,12-17,25,27H,4-5,10-11,18-21H2,(H,33,37)/t27-/m0/s1. The topological polar surface area (TPSA) is 104 Å². The molecule has 8 nitrogen and oxygen atoms in total. The number of hydrogen-bond donors (Lipinski definition) is 1. The summed E-state index contributed by atoms with van der Waals surface area (Å²) in [6.45, 7) is -0.355. The quantitative estimate of drug-likeness (QED) is 0.392. The fourth-order valence-electron chi connectivity index (χ4n) is 5.50. The molecule has 1 fully saturated rings. The normalized spacial score (nSPS) is 16.8. The number of carbonyl (C=O) groups is 3. The minimum atomic E-state index is -4.09. The lowest BCUT2D eigenvalue weighted by Gasteiger charge is -2.33. The lowest BCUT2D eigenvalue weighted by molar-refractivity contribution is -0.141. The van der Waals surface area contributed by atoms with E-state index in [0.717, 1.165) is 35.6 Å². The molecule has 10 heteroatoms. The molecular weight excluding hydrogens is 545 g/mol. The van der Waals surface area contributed by atoms with Gasteiger partial charge in [0.15, 0.2) is 0 Å². The van der Waals surface area contributed by atoms with Crippen molar-refractivity contribution in [3.05, 3.63) is 101 Å². The smallest absolute Gasteiger partial charge is 0.269 e. The van der Waals surface area contributed by atoms with Gasteiger partial charge in [-0.05, 0) is 48.2 Å². The van der Waals surface area contributed by atoms with Crippen LogP contribution in [0.5, 0.6) is 0 Å². The van der Waals surface area contributed by atoms with Gasteiger partial charge in [0.2, 0.25) is 11.8 Å². The predicted molar refractivity (Wildman–Crippen MR) is 151 cm³/mol. The van der Waals surface area contributed by atoms with Gasteiger partial charge in [0, 0.05) is 32.0 Å². The Labute approximate surface area is 239 Å². The first kappa shape index (κ1) is 28.5. The van der Waals surface area contributed by atoms with E-state index in [2.05, 4.69) is 5.32 Å². The van der Waals surface area contributed by atoms with Crippen LogP contribution in [0.3, 0.4) is 0 Å². The average Bonchev–Trinajstić information content (AvgIpc) is 3.55. The monoisotopic (exact) mass is 577 g/mol. The van der Waals surface area contributed by atoms with E-state index in [1.54, 1.807) is 24.3 Å². The number of nitrogens with zero attached hydrogens (tertiary/aromatic N) is 2. The van der Waals surface area contributed by atoms with Crippen LogP contribution in [-0.2, 0) is 32.6 Å². The van der Waals surface area contributed by atoms with Crippen molar-refractivity contribution in [3.8, 4) is 0 Å². The Morgan fingerprint density at radius 1 is 0.927 bits per heavy atom. The molecule has 1 aliphatic carbocycles. The second-order valence-corrected chi connectivity index (χ2v) is 12.3. The van der Waals surface area contributed by atoms with E-state index in [0.29, 0.717) is 5.56 Å². The summed E-state index contributed by atoms with van der Waals surface area (Å²) in [6, 6.07) is 20.1. The molecule has 1 saturated carbocycles.